The maximum Gasteiger partial charge on any atom is 0.339 e. The molecule has 1 aromatic rings. The van der Waals surface area contributed by atoms with Gasteiger partial charge < -0.3 is 20.1 Å². The highest BCUT2D eigenvalue weighted by atomic mass is 16.5. The van der Waals surface area contributed by atoms with E-state index in [1.165, 1.54) is 7.11 Å². The number of carbonyl (C=O) groups is 1. The summed E-state index contributed by atoms with van der Waals surface area (Å²) in [6.45, 7) is 1.93. The molecular formula is C16H18N2O4. The molecule has 2 N–H and O–H groups in total. The van der Waals surface area contributed by atoms with Crippen LogP contribution in [-0.2, 0) is 20.8 Å². The standard InChI is InChI=1S/C16H18N2O4/c1-21-16(20)13-6-10-8-17-15(9-19)12(10)7-14(13)18-11-2-4-22-5-3-11/h6-7,11,17-18H,2-5,8H2,1H3. The normalized spacial score (nSPS) is 17.4. The molecule has 0 radical (unpaired) electrons. The Bertz CT molecular complexity index is 644. The summed E-state index contributed by atoms with van der Waals surface area (Å²) in [5.41, 5.74) is 3.30. The lowest BCUT2D eigenvalue weighted by Crippen LogP contribution is -2.28. The van der Waals surface area contributed by atoms with Gasteiger partial charge >= 0.3 is 5.97 Å². The molecule has 2 heterocycles. The van der Waals surface area contributed by atoms with Crippen LogP contribution in [0, 0.1) is 0 Å². The molecule has 22 heavy (non-hydrogen) atoms. The van der Waals surface area contributed by atoms with E-state index < -0.39 is 0 Å². The number of fused-ring (bicyclic) bond motifs is 1. The van der Waals surface area contributed by atoms with Crippen LogP contribution in [0.25, 0.3) is 5.70 Å². The quantitative estimate of drug-likeness (QED) is 0.648. The minimum absolute atomic E-state index is 0.244. The summed E-state index contributed by atoms with van der Waals surface area (Å²) >= 11 is 0. The van der Waals surface area contributed by atoms with Gasteiger partial charge in [-0.25, -0.2) is 9.59 Å². The van der Waals surface area contributed by atoms with Gasteiger partial charge in [-0.15, -0.1) is 0 Å². The van der Waals surface area contributed by atoms with Gasteiger partial charge in [0.2, 0.25) is 0 Å². The van der Waals surface area contributed by atoms with Gasteiger partial charge in [0.05, 0.1) is 12.7 Å². The number of hydrogen-bond acceptors (Lipinski definition) is 6. The lowest BCUT2D eigenvalue weighted by molar-refractivity contribution is 0.0601. The fourth-order valence-corrected chi connectivity index (χ4v) is 2.85. The maximum absolute atomic E-state index is 12.0. The molecule has 3 rings (SSSR count). The van der Waals surface area contributed by atoms with Crippen LogP contribution in [0.1, 0.15) is 34.3 Å². The lowest BCUT2D eigenvalue weighted by atomic mass is 10.0. The zero-order valence-electron chi connectivity index (χ0n) is 12.4. The van der Waals surface area contributed by atoms with Gasteiger partial charge in [-0.3, -0.25) is 0 Å². The second kappa shape index (κ2) is 6.22. The number of esters is 1. The Balaban J connectivity index is 1.98. The van der Waals surface area contributed by atoms with Crippen LogP contribution < -0.4 is 10.6 Å². The first kappa shape index (κ1) is 14.6. The topological polar surface area (TPSA) is 76.7 Å². The van der Waals surface area contributed by atoms with Crippen LogP contribution in [0.2, 0.25) is 0 Å². The lowest BCUT2D eigenvalue weighted by Gasteiger charge is -2.25. The summed E-state index contributed by atoms with van der Waals surface area (Å²) in [6, 6.07) is 3.85. The molecule has 2 aliphatic rings. The molecule has 0 unspecified atom stereocenters. The van der Waals surface area contributed by atoms with Crippen LogP contribution >= 0.6 is 0 Å². The van der Waals surface area contributed by atoms with E-state index in [4.69, 9.17) is 9.47 Å². The fourth-order valence-electron chi connectivity index (χ4n) is 2.85. The van der Waals surface area contributed by atoms with Gasteiger partial charge in [-0.05, 0) is 30.5 Å². The molecule has 0 spiro atoms. The third-order valence-electron chi connectivity index (χ3n) is 4.06. The summed E-state index contributed by atoms with van der Waals surface area (Å²) in [6.07, 6.45) is 1.76. The molecule has 0 aliphatic carbocycles. The highest BCUT2D eigenvalue weighted by Gasteiger charge is 2.24. The van der Waals surface area contributed by atoms with E-state index in [9.17, 15) is 9.59 Å². The zero-order valence-corrected chi connectivity index (χ0v) is 12.4. The van der Waals surface area contributed by atoms with E-state index in [1.54, 1.807) is 6.07 Å². The molecule has 0 bridgehead atoms. The van der Waals surface area contributed by atoms with Crippen molar-refractivity contribution in [3.8, 4) is 0 Å². The van der Waals surface area contributed by atoms with Crippen molar-refractivity contribution in [3.05, 3.63) is 28.8 Å². The number of methoxy groups -OCH3 is 1. The van der Waals surface area contributed by atoms with Crippen molar-refractivity contribution in [2.75, 3.05) is 25.6 Å². The number of hydrogen-bond donors (Lipinski definition) is 2. The SMILES string of the molecule is COC(=O)c1cc2c(cc1NC1CCOCC1)C(=C=O)NC2. The molecule has 0 atom stereocenters. The summed E-state index contributed by atoms with van der Waals surface area (Å²) in [5.74, 6) is 1.52. The van der Waals surface area contributed by atoms with Crippen molar-refractivity contribution in [2.24, 2.45) is 0 Å². The van der Waals surface area contributed by atoms with Crippen LogP contribution in [0.3, 0.4) is 0 Å². The van der Waals surface area contributed by atoms with E-state index in [-0.39, 0.29) is 12.0 Å². The monoisotopic (exact) mass is 302 g/mol. The summed E-state index contributed by atoms with van der Waals surface area (Å²) in [7, 11) is 1.36. The Morgan fingerprint density at radius 2 is 2.18 bits per heavy atom. The molecule has 0 amide bonds. The van der Waals surface area contributed by atoms with Crippen LogP contribution in [0.5, 0.6) is 0 Å². The molecule has 0 aromatic heterocycles. The third-order valence-corrected chi connectivity index (χ3v) is 4.06. The molecule has 1 aromatic carbocycles. The predicted molar refractivity (Wildman–Crippen MR) is 81.2 cm³/mol. The van der Waals surface area contributed by atoms with E-state index in [0.29, 0.717) is 36.7 Å². The summed E-state index contributed by atoms with van der Waals surface area (Å²) < 4.78 is 10.2. The maximum atomic E-state index is 12.0. The Morgan fingerprint density at radius 3 is 2.86 bits per heavy atom. The Morgan fingerprint density at radius 1 is 1.41 bits per heavy atom. The van der Waals surface area contributed by atoms with Crippen molar-refractivity contribution in [1.29, 1.82) is 0 Å². The Labute approximate surface area is 128 Å². The van der Waals surface area contributed by atoms with Gasteiger partial charge in [0, 0.05) is 37.1 Å². The van der Waals surface area contributed by atoms with Crippen molar-refractivity contribution < 1.29 is 19.1 Å². The largest absolute Gasteiger partial charge is 0.465 e. The molecule has 6 heteroatoms. The summed E-state index contributed by atoms with van der Waals surface area (Å²) in [4.78, 5) is 23.0. The number of ether oxygens (including phenoxy) is 2. The van der Waals surface area contributed by atoms with E-state index in [1.807, 2.05) is 12.0 Å². The van der Waals surface area contributed by atoms with Crippen LogP contribution in [-0.4, -0.2) is 38.3 Å². The van der Waals surface area contributed by atoms with E-state index in [2.05, 4.69) is 10.6 Å². The number of nitrogens with one attached hydrogen (secondary N) is 2. The second-order valence-corrected chi connectivity index (χ2v) is 5.41. The Hall–Kier alpha value is -2.30. The molecule has 116 valence electrons. The Kier molecular flexibility index (Phi) is 4.13. The first-order valence-electron chi connectivity index (χ1n) is 7.31. The minimum Gasteiger partial charge on any atom is -0.465 e. The first-order valence-corrected chi connectivity index (χ1v) is 7.31. The molecule has 1 fully saturated rings. The molecule has 2 aliphatic heterocycles. The average molecular weight is 302 g/mol. The zero-order chi connectivity index (χ0) is 15.5. The van der Waals surface area contributed by atoms with Crippen molar-refractivity contribution >= 4 is 23.3 Å². The van der Waals surface area contributed by atoms with E-state index in [0.717, 1.165) is 24.0 Å². The minimum atomic E-state index is -0.388. The predicted octanol–water partition coefficient (Wildman–Crippen LogP) is 1.34. The van der Waals surface area contributed by atoms with Crippen molar-refractivity contribution in [2.45, 2.75) is 25.4 Å². The number of rotatable bonds is 3. The highest BCUT2D eigenvalue weighted by molar-refractivity contribution is 5.99. The van der Waals surface area contributed by atoms with Crippen molar-refractivity contribution in [1.82, 2.24) is 5.32 Å². The molecular weight excluding hydrogens is 284 g/mol. The van der Waals surface area contributed by atoms with Gasteiger partial charge in [0.15, 0.2) is 5.94 Å². The smallest absolute Gasteiger partial charge is 0.339 e. The van der Waals surface area contributed by atoms with Crippen LogP contribution in [0.4, 0.5) is 5.69 Å². The van der Waals surface area contributed by atoms with Gasteiger partial charge in [0.1, 0.15) is 5.70 Å². The second-order valence-electron chi connectivity index (χ2n) is 5.41. The van der Waals surface area contributed by atoms with Gasteiger partial charge in [0.25, 0.3) is 0 Å². The molecule has 6 nitrogen and oxygen atoms in total. The van der Waals surface area contributed by atoms with Crippen molar-refractivity contribution in [3.63, 3.8) is 0 Å². The highest BCUT2D eigenvalue weighted by Crippen LogP contribution is 2.30. The van der Waals surface area contributed by atoms with Gasteiger partial charge in [-0.2, -0.15) is 0 Å². The van der Waals surface area contributed by atoms with Crippen LogP contribution in [0.15, 0.2) is 12.1 Å². The number of carbonyl (C=O) groups excluding carboxylic acids is 2. The number of benzene rings is 1. The third kappa shape index (κ3) is 2.71. The first-order chi connectivity index (χ1) is 10.7. The molecule has 0 saturated carbocycles. The van der Waals surface area contributed by atoms with E-state index >= 15 is 0 Å². The summed E-state index contributed by atoms with van der Waals surface area (Å²) in [5, 5.41) is 6.37. The fraction of sp³-hybridized carbons (Fsp3) is 0.438. The average Bonchev–Trinajstić information content (AvgIpc) is 2.96. The van der Waals surface area contributed by atoms with Gasteiger partial charge in [-0.1, -0.05) is 0 Å². The molecule has 1 saturated heterocycles. The number of anilines is 1.